The molecule has 0 radical (unpaired) electrons. The summed E-state index contributed by atoms with van der Waals surface area (Å²) in [5.41, 5.74) is 0.782. The second-order valence-electron chi connectivity index (χ2n) is 8.77. The SMILES string of the molecule is Cc1ccc(S(=O)(=O)Nc2ccc(C(=O)NC(C)CN3CCCC(C)C3)cc2)cc1[N+](=O)[O-]. The van der Waals surface area contributed by atoms with Gasteiger partial charge in [0.2, 0.25) is 0 Å². The van der Waals surface area contributed by atoms with Gasteiger partial charge in [-0.05, 0) is 69.5 Å². The van der Waals surface area contributed by atoms with Crippen molar-refractivity contribution in [3.63, 3.8) is 0 Å². The number of piperidine rings is 1. The van der Waals surface area contributed by atoms with Crippen molar-refractivity contribution >= 4 is 27.3 Å². The van der Waals surface area contributed by atoms with Crippen LogP contribution >= 0.6 is 0 Å². The molecule has 0 bridgehead atoms. The molecular formula is C23H30N4O5S. The van der Waals surface area contributed by atoms with Crippen LogP contribution in [0.3, 0.4) is 0 Å². The summed E-state index contributed by atoms with van der Waals surface area (Å²) in [5.74, 6) is 0.445. The minimum Gasteiger partial charge on any atom is -0.348 e. The number of nitrogens with zero attached hydrogens (tertiary/aromatic N) is 2. The Labute approximate surface area is 194 Å². The summed E-state index contributed by atoms with van der Waals surface area (Å²) in [6.45, 7) is 8.63. The molecule has 1 saturated heterocycles. The molecule has 0 aliphatic carbocycles. The van der Waals surface area contributed by atoms with Crippen molar-refractivity contribution in [3.05, 3.63) is 63.7 Å². The number of sulfonamides is 1. The lowest BCUT2D eigenvalue weighted by atomic mass is 10.00. The molecular weight excluding hydrogens is 444 g/mol. The second kappa shape index (κ2) is 10.3. The van der Waals surface area contributed by atoms with Crippen molar-refractivity contribution in [2.75, 3.05) is 24.4 Å². The number of benzene rings is 2. The Hall–Kier alpha value is -2.98. The number of rotatable bonds is 8. The van der Waals surface area contributed by atoms with E-state index in [0.29, 0.717) is 17.0 Å². The molecule has 1 aliphatic heterocycles. The highest BCUT2D eigenvalue weighted by Crippen LogP contribution is 2.24. The van der Waals surface area contributed by atoms with E-state index in [1.54, 1.807) is 19.1 Å². The van der Waals surface area contributed by atoms with Gasteiger partial charge in [-0.15, -0.1) is 0 Å². The molecule has 1 amide bonds. The lowest BCUT2D eigenvalue weighted by molar-refractivity contribution is -0.385. The fraction of sp³-hybridized carbons (Fsp3) is 0.435. The van der Waals surface area contributed by atoms with E-state index >= 15 is 0 Å². The fourth-order valence-corrected chi connectivity index (χ4v) is 5.13. The standard InChI is InChI=1S/C23H30N4O5S/c1-16-5-4-12-26(14-16)15-18(3)24-23(28)19-7-9-20(10-8-19)25-33(31,32)21-11-6-17(2)22(13-21)27(29)30/h6-11,13,16,18,25H,4-5,12,14-15H2,1-3H3,(H,24,28). The molecule has 2 unspecified atom stereocenters. The predicted molar refractivity (Wildman–Crippen MR) is 127 cm³/mol. The maximum Gasteiger partial charge on any atom is 0.273 e. The zero-order valence-electron chi connectivity index (χ0n) is 19.1. The number of nitro benzene ring substituents is 1. The number of anilines is 1. The van der Waals surface area contributed by atoms with Gasteiger partial charge in [0.1, 0.15) is 0 Å². The number of carbonyl (C=O) groups excluding carboxylic acids is 1. The molecule has 1 heterocycles. The van der Waals surface area contributed by atoms with Crippen molar-refractivity contribution < 1.29 is 18.1 Å². The highest BCUT2D eigenvalue weighted by Gasteiger charge is 2.21. The molecule has 3 rings (SSSR count). The summed E-state index contributed by atoms with van der Waals surface area (Å²) in [7, 11) is -4.02. The van der Waals surface area contributed by atoms with E-state index in [9.17, 15) is 23.3 Å². The number of amides is 1. The van der Waals surface area contributed by atoms with Crippen molar-refractivity contribution in [1.29, 1.82) is 0 Å². The molecule has 1 fully saturated rings. The number of nitrogens with one attached hydrogen (secondary N) is 2. The Kier molecular flexibility index (Phi) is 7.70. The monoisotopic (exact) mass is 474 g/mol. The molecule has 2 atom stereocenters. The quantitative estimate of drug-likeness (QED) is 0.446. The normalized spacial score (nSPS) is 17.8. The number of carbonyl (C=O) groups is 1. The lowest BCUT2D eigenvalue weighted by Gasteiger charge is -2.32. The minimum absolute atomic E-state index is 0.0155. The number of likely N-dealkylation sites (tertiary alicyclic amines) is 1. The van der Waals surface area contributed by atoms with Crippen LogP contribution < -0.4 is 10.0 Å². The van der Waals surface area contributed by atoms with Crippen molar-refractivity contribution in [2.45, 2.75) is 44.6 Å². The third-order valence-electron chi connectivity index (χ3n) is 5.74. The molecule has 2 N–H and O–H groups in total. The highest BCUT2D eigenvalue weighted by molar-refractivity contribution is 7.92. The first-order chi connectivity index (χ1) is 15.5. The molecule has 2 aromatic rings. The Morgan fingerprint density at radius 3 is 2.58 bits per heavy atom. The first kappa shape index (κ1) is 24.7. The number of hydrogen-bond acceptors (Lipinski definition) is 6. The summed E-state index contributed by atoms with van der Waals surface area (Å²) >= 11 is 0. The average molecular weight is 475 g/mol. The molecule has 0 aromatic heterocycles. The molecule has 10 heteroatoms. The van der Waals surface area contributed by atoms with Crippen LogP contribution in [-0.4, -0.2) is 49.8 Å². The van der Waals surface area contributed by atoms with Crippen LogP contribution in [0.5, 0.6) is 0 Å². The summed E-state index contributed by atoms with van der Waals surface area (Å²) in [4.78, 5) is 25.2. The van der Waals surface area contributed by atoms with Crippen LogP contribution in [0, 0.1) is 23.0 Å². The Morgan fingerprint density at radius 2 is 1.94 bits per heavy atom. The maximum absolute atomic E-state index is 12.6. The third-order valence-corrected chi connectivity index (χ3v) is 7.12. The number of aryl methyl sites for hydroxylation is 1. The molecule has 178 valence electrons. The van der Waals surface area contributed by atoms with E-state index in [2.05, 4.69) is 21.9 Å². The molecule has 0 saturated carbocycles. The first-order valence-corrected chi connectivity index (χ1v) is 12.4. The van der Waals surface area contributed by atoms with Gasteiger partial charge in [0.05, 0.1) is 9.82 Å². The summed E-state index contributed by atoms with van der Waals surface area (Å²) < 4.78 is 27.7. The summed E-state index contributed by atoms with van der Waals surface area (Å²) in [6, 6.07) is 9.80. The number of nitro groups is 1. The Bertz CT molecular complexity index is 1120. The zero-order chi connectivity index (χ0) is 24.2. The van der Waals surface area contributed by atoms with Crippen LogP contribution in [0.25, 0.3) is 0 Å². The van der Waals surface area contributed by atoms with Crippen molar-refractivity contribution in [1.82, 2.24) is 10.2 Å². The molecule has 1 aliphatic rings. The summed E-state index contributed by atoms with van der Waals surface area (Å²) in [6.07, 6.45) is 2.42. The largest absolute Gasteiger partial charge is 0.348 e. The van der Waals surface area contributed by atoms with Gasteiger partial charge in [-0.2, -0.15) is 0 Å². The molecule has 9 nitrogen and oxygen atoms in total. The van der Waals surface area contributed by atoms with Gasteiger partial charge in [0.25, 0.3) is 21.6 Å². The minimum atomic E-state index is -4.02. The smallest absolute Gasteiger partial charge is 0.273 e. The first-order valence-electron chi connectivity index (χ1n) is 11.0. The molecule has 2 aromatic carbocycles. The van der Waals surface area contributed by atoms with Gasteiger partial charge >= 0.3 is 0 Å². The lowest BCUT2D eigenvalue weighted by Crippen LogP contribution is -2.45. The van der Waals surface area contributed by atoms with Crippen molar-refractivity contribution in [3.8, 4) is 0 Å². The van der Waals surface area contributed by atoms with Gasteiger partial charge in [0, 0.05) is 42.0 Å². The topological polar surface area (TPSA) is 122 Å². The van der Waals surface area contributed by atoms with E-state index in [-0.39, 0.29) is 28.2 Å². The van der Waals surface area contributed by atoms with E-state index < -0.39 is 14.9 Å². The number of hydrogen-bond donors (Lipinski definition) is 2. The van der Waals surface area contributed by atoms with Crippen LogP contribution in [0.15, 0.2) is 47.4 Å². The second-order valence-corrected chi connectivity index (χ2v) is 10.5. The van der Waals surface area contributed by atoms with Crippen LogP contribution in [-0.2, 0) is 10.0 Å². The van der Waals surface area contributed by atoms with Crippen LogP contribution in [0.2, 0.25) is 0 Å². The van der Waals surface area contributed by atoms with Crippen LogP contribution in [0.1, 0.15) is 42.6 Å². The van der Waals surface area contributed by atoms with E-state index in [1.165, 1.54) is 37.1 Å². The van der Waals surface area contributed by atoms with E-state index in [4.69, 9.17) is 0 Å². The molecule has 33 heavy (non-hydrogen) atoms. The third kappa shape index (κ3) is 6.52. The van der Waals surface area contributed by atoms with E-state index in [1.807, 2.05) is 6.92 Å². The highest BCUT2D eigenvalue weighted by atomic mass is 32.2. The van der Waals surface area contributed by atoms with E-state index in [0.717, 1.165) is 25.7 Å². The van der Waals surface area contributed by atoms with Crippen molar-refractivity contribution in [2.24, 2.45) is 5.92 Å². The van der Waals surface area contributed by atoms with Crippen LogP contribution in [0.4, 0.5) is 11.4 Å². The zero-order valence-corrected chi connectivity index (χ0v) is 19.9. The van der Waals surface area contributed by atoms with Gasteiger partial charge < -0.3 is 10.2 Å². The Morgan fingerprint density at radius 1 is 1.24 bits per heavy atom. The van der Waals surface area contributed by atoms with Gasteiger partial charge in [-0.25, -0.2) is 8.42 Å². The average Bonchev–Trinajstić information content (AvgIpc) is 2.73. The Balaban J connectivity index is 1.62. The summed E-state index contributed by atoms with van der Waals surface area (Å²) in [5, 5.41) is 14.1. The maximum atomic E-state index is 12.6. The van der Waals surface area contributed by atoms with Gasteiger partial charge in [0.15, 0.2) is 0 Å². The van der Waals surface area contributed by atoms with Gasteiger partial charge in [-0.3, -0.25) is 19.6 Å². The van der Waals surface area contributed by atoms with Gasteiger partial charge in [-0.1, -0.05) is 13.0 Å². The molecule has 0 spiro atoms. The fourth-order valence-electron chi connectivity index (χ4n) is 4.05. The predicted octanol–water partition coefficient (Wildman–Crippen LogP) is 3.55.